The number of hydrazone groups is 1. The van der Waals surface area contributed by atoms with Gasteiger partial charge in [0, 0.05) is 5.69 Å². The van der Waals surface area contributed by atoms with Crippen LogP contribution in [-0.4, -0.2) is 25.5 Å². The maximum atomic E-state index is 5.31. The van der Waals surface area contributed by atoms with Crippen molar-refractivity contribution in [2.45, 2.75) is 6.92 Å². The lowest BCUT2D eigenvalue weighted by atomic mass is 10.2. The van der Waals surface area contributed by atoms with Gasteiger partial charge in [-0.05, 0) is 49.0 Å². The molecule has 0 atom stereocenters. The molecule has 0 amide bonds. The molecular formula is C17H19N3O2S. The smallest absolute Gasteiger partial charge is 0.191 e. The molecule has 0 radical (unpaired) electrons. The van der Waals surface area contributed by atoms with Crippen molar-refractivity contribution < 1.29 is 9.47 Å². The van der Waals surface area contributed by atoms with Crippen LogP contribution in [0.4, 0.5) is 5.69 Å². The highest BCUT2D eigenvalue weighted by Gasteiger charge is 2.07. The maximum Gasteiger partial charge on any atom is 0.191 e. The quantitative estimate of drug-likeness (QED) is 0.501. The Balaban J connectivity index is 2.03. The Hall–Kier alpha value is -2.60. The summed E-state index contributed by atoms with van der Waals surface area (Å²) in [7, 11) is 3.20. The van der Waals surface area contributed by atoms with E-state index >= 15 is 0 Å². The summed E-state index contributed by atoms with van der Waals surface area (Å²) in [5, 5.41) is 7.61. The largest absolute Gasteiger partial charge is 0.496 e. The molecule has 0 spiro atoms. The second kappa shape index (κ2) is 8.14. The van der Waals surface area contributed by atoms with E-state index in [4.69, 9.17) is 21.7 Å². The van der Waals surface area contributed by atoms with Gasteiger partial charge >= 0.3 is 0 Å². The van der Waals surface area contributed by atoms with Crippen LogP contribution in [0.3, 0.4) is 0 Å². The first-order valence-corrected chi connectivity index (χ1v) is 7.42. The molecule has 6 heteroatoms. The molecule has 0 saturated carbocycles. The summed E-state index contributed by atoms with van der Waals surface area (Å²) in [6, 6.07) is 13.5. The van der Waals surface area contributed by atoms with Crippen LogP contribution < -0.4 is 20.2 Å². The van der Waals surface area contributed by atoms with E-state index in [9.17, 15) is 0 Å². The van der Waals surface area contributed by atoms with E-state index in [-0.39, 0.29) is 0 Å². The molecule has 2 rings (SSSR count). The van der Waals surface area contributed by atoms with Gasteiger partial charge in [-0.15, -0.1) is 0 Å². The molecular weight excluding hydrogens is 310 g/mol. The first-order valence-electron chi connectivity index (χ1n) is 7.01. The van der Waals surface area contributed by atoms with Gasteiger partial charge in [-0.3, -0.25) is 5.43 Å². The number of ether oxygens (including phenoxy) is 2. The number of rotatable bonds is 5. The minimum absolute atomic E-state index is 0.403. The molecule has 0 unspecified atom stereocenters. The standard InChI is InChI=1S/C17H19N3O2S/c1-12-6-4-7-13(10-12)19-17(23)20-18-11-14-15(21-2)8-5-9-16(14)22-3/h4-11H,1-3H3,(H2,19,20,23). The molecule has 2 aromatic carbocycles. The number of anilines is 1. The van der Waals surface area contributed by atoms with Crippen LogP contribution in [0.25, 0.3) is 0 Å². The monoisotopic (exact) mass is 329 g/mol. The van der Waals surface area contributed by atoms with Gasteiger partial charge in [-0.1, -0.05) is 18.2 Å². The van der Waals surface area contributed by atoms with Crippen LogP contribution in [0.5, 0.6) is 11.5 Å². The fourth-order valence-electron chi connectivity index (χ4n) is 2.04. The van der Waals surface area contributed by atoms with E-state index < -0.39 is 0 Å². The molecule has 5 nitrogen and oxygen atoms in total. The number of hydrogen-bond acceptors (Lipinski definition) is 4. The Morgan fingerprint density at radius 3 is 2.35 bits per heavy atom. The number of benzene rings is 2. The number of thiocarbonyl (C=S) groups is 1. The summed E-state index contributed by atoms with van der Waals surface area (Å²) in [6.45, 7) is 2.02. The Labute approximate surface area is 141 Å². The summed E-state index contributed by atoms with van der Waals surface area (Å²) in [4.78, 5) is 0. The third-order valence-corrected chi connectivity index (χ3v) is 3.29. The van der Waals surface area contributed by atoms with Crippen LogP contribution in [0, 0.1) is 6.92 Å². The first-order chi connectivity index (χ1) is 11.1. The van der Waals surface area contributed by atoms with E-state index in [1.54, 1.807) is 20.4 Å². The molecule has 0 bridgehead atoms. The zero-order valence-corrected chi connectivity index (χ0v) is 14.1. The van der Waals surface area contributed by atoms with Crippen molar-refractivity contribution in [2.24, 2.45) is 5.10 Å². The second-order valence-corrected chi connectivity index (χ2v) is 5.18. The fourth-order valence-corrected chi connectivity index (χ4v) is 2.21. The van der Waals surface area contributed by atoms with Crippen LogP contribution in [0.15, 0.2) is 47.6 Å². The van der Waals surface area contributed by atoms with Crippen molar-refractivity contribution in [3.05, 3.63) is 53.6 Å². The Morgan fingerprint density at radius 1 is 1.09 bits per heavy atom. The predicted octanol–water partition coefficient (Wildman–Crippen LogP) is 3.33. The van der Waals surface area contributed by atoms with Crippen molar-refractivity contribution >= 4 is 29.2 Å². The molecule has 0 aromatic heterocycles. The number of hydrogen-bond donors (Lipinski definition) is 2. The molecule has 0 aliphatic carbocycles. The number of nitrogens with one attached hydrogen (secondary N) is 2. The zero-order chi connectivity index (χ0) is 16.7. The molecule has 2 N–H and O–H groups in total. The summed E-state index contributed by atoms with van der Waals surface area (Å²) in [5.41, 5.74) is 5.58. The Bertz CT molecular complexity index is 694. The lowest BCUT2D eigenvalue weighted by Crippen LogP contribution is -2.23. The molecule has 120 valence electrons. The van der Waals surface area contributed by atoms with Gasteiger partial charge in [-0.2, -0.15) is 5.10 Å². The average Bonchev–Trinajstić information content (AvgIpc) is 2.54. The van der Waals surface area contributed by atoms with Crippen molar-refractivity contribution in [2.75, 3.05) is 19.5 Å². The average molecular weight is 329 g/mol. The van der Waals surface area contributed by atoms with Crippen molar-refractivity contribution in [1.29, 1.82) is 0 Å². The predicted molar refractivity (Wildman–Crippen MR) is 97.7 cm³/mol. The molecule has 2 aromatic rings. The molecule has 23 heavy (non-hydrogen) atoms. The van der Waals surface area contributed by atoms with Crippen LogP contribution in [0.2, 0.25) is 0 Å². The van der Waals surface area contributed by atoms with Crippen molar-refractivity contribution in [3.63, 3.8) is 0 Å². The van der Waals surface area contributed by atoms with Gasteiger partial charge in [0.2, 0.25) is 0 Å². The summed E-state index contributed by atoms with van der Waals surface area (Å²) in [5.74, 6) is 1.35. The molecule has 0 fully saturated rings. The topological polar surface area (TPSA) is 54.9 Å². The zero-order valence-electron chi connectivity index (χ0n) is 13.3. The van der Waals surface area contributed by atoms with Gasteiger partial charge in [0.15, 0.2) is 5.11 Å². The van der Waals surface area contributed by atoms with Gasteiger partial charge < -0.3 is 14.8 Å². The minimum Gasteiger partial charge on any atom is -0.496 e. The minimum atomic E-state index is 0.403. The number of nitrogens with zero attached hydrogens (tertiary/aromatic N) is 1. The summed E-state index contributed by atoms with van der Waals surface area (Å²) >= 11 is 5.22. The molecule has 0 saturated heterocycles. The van der Waals surface area contributed by atoms with E-state index in [1.807, 2.05) is 49.4 Å². The van der Waals surface area contributed by atoms with Crippen molar-refractivity contribution in [1.82, 2.24) is 5.43 Å². The van der Waals surface area contributed by atoms with E-state index in [0.29, 0.717) is 16.6 Å². The van der Waals surface area contributed by atoms with Crippen LogP contribution in [0.1, 0.15) is 11.1 Å². The highest BCUT2D eigenvalue weighted by Crippen LogP contribution is 2.26. The van der Waals surface area contributed by atoms with Crippen LogP contribution in [-0.2, 0) is 0 Å². The van der Waals surface area contributed by atoms with Gasteiger partial charge in [0.1, 0.15) is 11.5 Å². The Morgan fingerprint density at radius 2 is 1.74 bits per heavy atom. The van der Waals surface area contributed by atoms with Gasteiger partial charge in [0.05, 0.1) is 26.0 Å². The summed E-state index contributed by atoms with van der Waals surface area (Å²) in [6.07, 6.45) is 1.61. The molecule has 0 heterocycles. The lowest BCUT2D eigenvalue weighted by Gasteiger charge is -2.10. The second-order valence-electron chi connectivity index (χ2n) is 4.77. The third kappa shape index (κ3) is 4.69. The summed E-state index contributed by atoms with van der Waals surface area (Å²) < 4.78 is 10.6. The number of aryl methyl sites for hydroxylation is 1. The highest BCUT2D eigenvalue weighted by molar-refractivity contribution is 7.80. The molecule has 0 aliphatic rings. The lowest BCUT2D eigenvalue weighted by molar-refractivity contribution is 0.393. The van der Waals surface area contributed by atoms with Gasteiger partial charge in [0.25, 0.3) is 0 Å². The SMILES string of the molecule is COc1cccc(OC)c1C=NNC(=S)Nc1cccc(C)c1. The molecule has 0 aliphatic heterocycles. The fraction of sp³-hybridized carbons (Fsp3) is 0.176. The number of methoxy groups -OCH3 is 2. The first kappa shape index (κ1) is 16.8. The van der Waals surface area contributed by atoms with Gasteiger partial charge in [-0.25, -0.2) is 0 Å². The van der Waals surface area contributed by atoms with E-state index in [1.165, 1.54) is 0 Å². The van der Waals surface area contributed by atoms with Crippen molar-refractivity contribution in [3.8, 4) is 11.5 Å². The van der Waals surface area contributed by atoms with Crippen LogP contribution >= 0.6 is 12.2 Å². The highest BCUT2D eigenvalue weighted by atomic mass is 32.1. The Kier molecular flexibility index (Phi) is 5.94. The van der Waals surface area contributed by atoms with E-state index in [2.05, 4.69) is 15.8 Å². The normalized spacial score (nSPS) is 10.4. The maximum absolute atomic E-state index is 5.31. The van der Waals surface area contributed by atoms with E-state index in [0.717, 1.165) is 16.8 Å². The third-order valence-electron chi connectivity index (χ3n) is 3.10.